The van der Waals surface area contributed by atoms with Gasteiger partial charge in [-0.3, -0.25) is 10.1 Å². The summed E-state index contributed by atoms with van der Waals surface area (Å²) in [4.78, 5) is 11.6. The number of nitrogens with zero attached hydrogens (tertiary/aromatic N) is 2. The van der Waals surface area contributed by atoms with Crippen molar-refractivity contribution in [3.05, 3.63) is 35.3 Å². The van der Waals surface area contributed by atoms with E-state index in [0.717, 1.165) is 0 Å². The fraction of sp³-hybridized carbons (Fsp3) is 0.250. The number of amides is 1. The predicted octanol–water partition coefficient (Wildman–Crippen LogP) is 1.70. The Kier molecular flexibility index (Phi) is 4.82. The van der Waals surface area contributed by atoms with E-state index >= 15 is 0 Å². The van der Waals surface area contributed by atoms with Crippen molar-refractivity contribution in [1.82, 2.24) is 10.2 Å². The van der Waals surface area contributed by atoms with Crippen LogP contribution >= 0.6 is 11.3 Å². The highest BCUT2D eigenvalue weighted by Gasteiger charge is 2.08. The van der Waals surface area contributed by atoms with Gasteiger partial charge in [0, 0.05) is 7.11 Å². The third-order valence-corrected chi connectivity index (χ3v) is 2.91. The number of hydrogen-bond acceptors (Lipinski definition) is 6. The first-order valence-electron chi connectivity index (χ1n) is 5.57. The van der Waals surface area contributed by atoms with E-state index < -0.39 is 0 Å². The molecule has 7 heteroatoms. The van der Waals surface area contributed by atoms with Crippen molar-refractivity contribution in [2.45, 2.75) is 6.61 Å². The van der Waals surface area contributed by atoms with Crippen LogP contribution in [-0.4, -0.2) is 29.8 Å². The first-order chi connectivity index (χ1) is 9.28. The molecule has 0 aliphatic rings. The van der Waals surface area contributed by atoms with Gasteiger partial charge in [0.05, 0.1) is 0 Å². The molecule has 0 saturated heterocycles. The van der Waals surface area contributed by atoms with Crippen LogP contribution in [0.15, 0.2) is 30.3 Å². The molecule has 0 unspecified atom stereocenters. The van der Waals surface area contributed by atoms with Gasteiger partial charge >= 0.3 is 0 Å². The van der Waals surface area contributed by atoms with E-state index in [9.17, 15) is 4.79 Å². The Labute approximate surface area is 114 Å². The summed E-state index contributed by atoms with van der Waals surface area (Å²) in [6.45, 7) is 0.317. The van der Waals surface area contributed by atoms with E-state index in [1.54, 1.807) is 19.2 Å². The van der Waals surface area contributed by atoms with Gasteiger partial charge in [-0.05, 0) is 12.1 Å². The Hall–Kier alpha value is -1.99. The fourth-order valence-corrected chi connectivity index (χ4v) is 2.04. The first kappa shape index (κ1) is 13.4. The number of hydrogen-bond donors (Lipinski definition) is 1. The second-order valence-electron chi connectivity index (χ2n) is 3.58. The molecule has 0 aliphatic carbocycles. The molecule has 1 amide bonds. The van der Waals surface area contributed by atoms with Crippen molar-refractivity contribution in [3.63, 3.8) is 0 Å². The number of rotatable bonds is 6. The molecule has 6 nitrogen and oxygen atoms in total. The lowest BCUT2D eigenvalue weighted by Gasteiger charge is -2.04. The van der Waals surface area contributed by atoms with Gasteiger partial charge in [0.2, 0.25) is 5.13 Å². The molecule has 2 rings (SSSR count). The van der Waals surface area contributed by atoms with Crippen LogP contribution in [-0.2, 0) is 16.1 Å². The summed E-state index contributed by atoms with van der Waals surface area (Å²) >= 11 is 1.27. The van der Waals surface area contributed by atoms with E-state index in [2.05, 4.69) is 15.5 Å². The topological polar surface area (TPSA) is 73.3 Å². The smallest absolute Gasteiger partial charge is 0.264 e. The summed E-state index contributed by atoms with van der Waals surface area (Å²) < 4.78 is 10.2. The second-order valence-corrected chi connectivity index (χ2v) is 4.65. The molecule has 0 bridgehead atoms. The number of carbonyl (C=O) groups is 1. The third kappa shape index (κ3) is 4.31. The predicted molar refractivity (Wildman–Crippen MR) is 71.2 cm³/mol. The molecular weight excluding hydrogens is 266 g/mol. The van der Waals surface area contributed by atoms with Gasteiger partial charge < -0.3 is 9.47 Å². The molecule has 0 atom stereocenters. The van der Waals surface area contributed by atoms with Gasteiger partial charge in [-0.25, -0.2) is 0 Å². The number of anilines is 1. The van der Waals surface area contributed by atoms with Crippen LogP contribution in [0.1, 0.15) is 5.01 Å². The Bertz CT molecular complexity index is 530. The van der Waals surface area contributed by atoms with E-state index in [1.807, 2.05) is 18.2 Å². The molecule has 1 aromatic carbocycles. The van der Waals surface area contributed by atoms with Crippen LogP contribution in [0.25, 0.3) is 0 Å². The van der Waals surface area contributed by atoms with Crippen LogP contribution in [0.5, 0.6) is 5.75 Å². The number of nitrogens with one attached hydrogen (secondary N) is 1. The third-order valence-electron chi connectivity index (χ3n) is 2.09. The lowest BCUT2D eigenvalue weighted by atomic mass is 10.3. The van der Waals surface area contributed by atoms with Gasteiger partial charge in [-0.15, -0.1) is 10.2 Å². The van der Waals surface area contributed by atoms with Crippen LogP contribution in [0.4, 0.5) is 5.13 Å². The largest absolute Gasteiger partial charge is 0.484 e. The van der Waals surface area contributed by atoms with E-state index in [4.69, 9.17) is 9.47 Å². The highest BCUT2D eigenvalue weighted by Crippen LogP contribution is 2.15. The number of benzene rings is 1. The molecule has 1 N–H and O–H groups in total. The molecule has 0 aliphatic heterocycles. The Morgan fingerprint density at radius 2 is 2.11 bits per heavy atom. The monoisotopic (exact) mass is 279 g/mol. The Morgan fingerprint density at radius 3 is 2.84 bits per heavy atom. The summed E-state index contributed by atoms with van der Waals surface area (Å²) in [5.74, 6) is 0.374. The van der Waals surface area contributed by atoms with Crippen molar-refractivity contribution in [3.8, 4) is 5.75 Å². The molecule has 0 spiro atoms. The molecular formula is C12H13N3O3S. The van der Waals surface area contributed by atoms with Gasteiger partial charge in [-0.2, -0.15) is 0 Å². The van der Waals surface area contributed by atoms with Crippen LogP contribution in [0, 0.1) is 0 Å². The molecule has 0 fully saturated rings. The van der Waals surface area contributed by atoms with Crippen LogP contribution in [0.2, 0.25) is 0 Å². The number of ether oxygens (including phenoxy) is 2. The zero-order valence-electron chi connectivity index (χ0n) is 10.3. The number of methoxy groups -OCH3 is 1. The molecule has 19 heavy (non-hydrogen) atoms. The standard InChI is InChI=1S/C12H13N3O3S/c1-17-8-11-14-15-12(19-11)13-10(16)7-18-9-5-3-2-4-6-9/h2-6H,7-8H2,1H3,(H,13,15,16). The molecule has 2 aromatic rings. The zero-order valence-corrected chi connectivity index (χ0v) is 11.1. The summed E-state index contributed by atoms with van der Waals surface area (Å²) in [5.41, 5.74) is 0. The Balaban J connectivity index is 1.80. The van der Waals surface area contributed by atoms with Crippen LogP contribution < -0.4 is 10.1 Å². The van der Waals surface area contributed by atoms with Gasteiger partial charge in [0.25, 0.3) is 5.91 Å². The maximum atomic E-state index is 11.6. The van der Waals surface area contributed by atoms with Crippen LogP contribution in [0.3, 0.4) is 0 Å². The number of aromatic nitrogens is 2. The molecule has 0 saturated carbocycles. The molecule has 1 heterocycles. The van der Waals surface area contributed by atoms with Crippen molar-refractivity contribution < 1.29 is 14.3 Å². The average molecular weight is 279 g/mol. The van der Waals surface area contributed by atoms with E-state index in [-0.39, 0.29) is 12.5 Å². The highest BCUT2D eigenvalue weighted by molar-refractivity contribution is 7.15. The maximum Gasteiger partial charge on any atom is 0.264 e. The zero-order chi connectivity index (χ0) is 13.5. The van der Waals surface area contributed by atoms with E-state index in [1.165, 1.54) is 11.3 Å². The summed E-state index contributed by atoms with van der Waals surface area (Å²) in [7, 11) is 1.58. The normalized spacial score (nSPS) is 10.2. The van der Waals surface area contributed by atoms with Gasteiger partial charge in [0.15, 0.2) is 6.61 Å². The summed E-state index contributed by atoms with van der Waals surface area (Å²) in [6.07, 6.45) is 0. The lowest BCUT2D eigenvalue weighted by Crippen LogP contribution is -2.20. The molecule has 100 valence electrons. The Morgan fingerprint density at radius 1 is 1.32 bits per heavy atom. The fourth-order valence-electron chi connectivity index (χ4n) is 1.31. The van der Waals surface area contributed by atoms with Crippen molar-refractivity contribution in [2.75, 3.05) is 19.0 Å². The quantitative estimate of drug-likeness (QED) is 0.871. The van der Waals surface area contributed by atoms with Gasteiger partial charge in [-0.1, -0.05) is 29.5 Å². The SMILES string of the molecule is COCc1nnc(NC(=O)COc2ccccc2)s1. The van der Waals surface area contributed by atoms with Crippen molar-refractivity contribution >= 4 is 22.4 Å². The van der Waals surface area contributed by atoms with Gasteiger partial charge in [0.1, 0.15) is 17.4 Å². The van der Waals surface area contributed by atoms with E-state index in [0.29, 0.717) is 22.5 Å². The lowest BCUT2D eigenvalue weighted by molar-refractivity contribution is -0.118. The first-order valence-corrected chi connectivity index (χ1v) is 6.38. The molecule has 0 radical (unpaired) electrons. The maximum absolute atomic E-state index is 11.6. The number of para-hydroxylation sites is 1. The minimum atomic E-state index is -0.274. The summed E-state index contributed by atoms with van der Waals surface area (Å²) in [6, 6.07) is 9.14. The summed E-state index contributed by atoms with van der Waals surface area (Å²) in [5, 5.41) is 11.5. The highest BCUT2D eigenvalue weighted by atomic mass is 32.1. The van der Waals surface area contributed by atoms with Crippen molar-refractivity contribution in [2.24, 2.45) is 0 Å². The minimum Gasteiger partial charge on any atom is -0.484 e. The minimum absolute atomic E-state index is 0.0663. The van der Waals surface area contributed by atoms with Crippen molar-refractivity contribution in [1.29, 1.82) is 0 Å². The molecule has 1 aromatic heterocycles. The number of carbonyl (C=O) groups excluding carboxylic acids is 1. The second kappa shape index (κ2) is 6.81. The average Bonchev–Trinajstić information content (AvgIpc) is 2.85.